The molecule has 1 aliphatic heterocycles. The second-order valence-corrected chi connectivity index (χ2v) is 5.59. The van der Waals surface area contributed by atoms with E-state index >= 15 is 0 Å². The summed E-state index contributed by atoms with van der Waals surface area (Å²) in [6, 6.07) is 1.35. The Bertz CT molecular complexity index is 233. The van der Waals surface area contributed by atoms with Crippen LogP contribution < -0.4 is 0 Å². The minimum Gasteiger partial charge on any atom is -0.300 e. The van der Waals surface area contributed by atoms with Crippen LogP contribution in [0, 0.1) is 0 Å². The molecule has 2 aliphatic rings. The highest BCUT2D eigenvalue weighted by Crippen LogP contribution is 2.30. The lowest BCUT2D eigenvalue weighted by Crippen LogP contribution is -2.42. The van der Waals surface area contributed by atoms with E-state index in [0.717, 1.165) is 12.5 Å². The summed E-state index contributed by atoms with van der Waals surface area (Å²) in [6.07, 6.45) is 11.6. The highest BCUT2D eigenvalue weighted by molar-refractivity contribution is 5.76. The number of likely N-dealkylation sites (tertiary alicyclic amines) is 1. The van der Waals surface area contributed by atoms with E-state index in [1.165, 1.54) is 57.9 Å². The van der Waals surface area contributed by atoms with E-state index in [1.807, 2.05) is 0 Å². The van der Waals surface area contributed by atoms with Crippen molar-refractivity contribution < 1.29 is 4.79 Å². The van der Waals surface area contributed by atoms with Crippen molar-refractivity contribution >= 4 is 5.78 Å². The molecule has 1 unspecified atom stereocenters. The largest absolute Gasteiger partial charge is 0.300 e. The molecule has 2 nitrogen and oxygen atoms in total. The van der Waals surface area contributed by atoms with E-state index in [0.29, 0.717) is 11.8 Å². The molecule has 1 aliphatic carbocycles. The quantitative estimate of drug-likeness (QED) is 0.732. The molecule has 0 amide bonds. The summed E-state index contributed by atoms with van der Waals surface area (Å²) in [7, 11) is 0. The smallest absolute Gasteiger partial charge is 0.131 e. The summed E-state index contributed by atoms with van der Waals surface area (Å²) >= 11 is 0. The van der Waals surface area contributed by atoms with Crippen LogP contribution in [0.3, 0.4) is 0 Å². The third-order valence-corrected chi connectivity index (χ3v) is 4.24. The molecule has 1 saturated heterocycles. The van der Waals surface area contributed by atoms with Gasteiger partial charge in [0.1, 0.15) is 5.78 Å². The van der Waals surface area contributed by atoms with Crippen molar-refractivity contribution in [2.45, 2.75) is 76.8 Å². The van der Waals surface area contributed by atoms with Crippen LogP contribution in [0.15, 0.2) is 0 Å². The van der Waals surface area contributed by atoms with Gasteiger partial charge < -0.3 is 0 Å². The SMILES string of the molecule is CC(=O)CC1CCCCCN1C1CCCC1. The van der Waals surface area contributed by atoms with Crippen molar-refractivity contribution in [1.82, 2.24) is 4.90 Å². The highest BCUT2D eigenvalue weighted by atomic mass is 16.1. The zero-order valence-electron chi connectivity index (χ0n) is 10.6. The van der Waals surface area contributed by atoms with Crippen molar-refractivity contribution in [1.29, 1.82) is 0 Å². The van der Waals surface area contributed by atoms with Gasteiger partial charge in [-0.05, 0) is 39.2 Å². The maximum Gasteiger partial charge on any atom is 0.131 e. The highest BCUT2D eigenvalue weighted by Gasteiger charge is 2.29. The summed E-state index contributed by atoms with van der Waals surface area (Å²) in [5, 5.41) is 0. The second-order valence-electron chi connectivity index (χ2n) is 5.59. The molecule has 0 radical (unpaired) electrons. The van der Waals surface area contributed by atoms with Crippen molar-refractivity contribution in [3.8, 4) is 0 Å². The van der Waals surface area contributed by atoms with Gasteiger partial charge in [-0.15, -0.1) is 0 Å². The Hall–Kier alpha value is -0.370. The first kappa shape index (κ1) is 12.1. The average molecular weight is 223 g/mol. The fourth-order valence-corrected chi connectivity index (χ4v) is 3.47. The monoisotopic (exact) mass is 223 g/mol. The van der Waals surface area contributed by atoms with Gasteiger partial charge in [0.05, 0.1) is 0 Å². The summed E-state index contributed by atoms with van der Waals surface area (Å²) in [5.74, 6) is 0.370. The molecular formula is C14H25NO. The van der Waals surface area contributed by atoms with Crippen LogP contribution in [0.1, 0.15) is 64.7 Å². The zero-order chi connectivity index (χ0) is 11.4. The molecule has 2 heteroatoms. The van der Waals surface area contributed by atoms with E-state index < -0.39 is 0 Å². The van der Waals surface area contributed by atoms with Crippen molar-refractivity contribution in [2.75, 3.05) is 6.54 Å². The molecule has 1 atom stereocenters. The number of Topliss-reactive ketones (excluding diaryl/α,β-unsaturated/α-hetero) is 1. The lowest BCUT2D eigenvalue weighted by Gasteiger charge is -2.34. The molecule has 0 N–H and O–H groups in total. The standard InChI is InChI=1S/C14H25NO/c1-12(16)11-14-9-3-2-6-10-15(14)13-7-4-5-8-13/h13-14H,2-11H2,1H3. The van der Waals surface area contributed by atoms with Crippen LogP contribution in [0.5, 0.6) is 0 Å². The molecule has 2 fully saturated rings. The number of nitrogens with zero attached hydrogens (tertiary/aromatic N) is 1. The topological polar surface area (TPSA) is 20.3 Å². The Kier molecular flexibility index (Phi) is 4.39. The third kappa shape index (κ3) is 3.07. The molecule has 92 valence electrons. The molecule has 0 bridgehead atoms. The summed E-state index contributed by atoms with van der Waals surface area (Å²) in [6.45, 7) is 2.99. The molecule has 1 saturated carbocycles. The van der Waals surface area contributed by atoms with Gasteiger partial charge in [-0.1, -0.05) is 25.7 Å². The zero-order valence-corrected chi connectivity index (χ0v) is 10.6. The van der Waals surface area contributed by atoms with Gasteiger partial charge in [0.25, 0.3) is 0 Å². The van der Waals surface area contributed by atoms with Crippen molar-refractivity contribution in [2.24, 2.45) is 0 Å². The average Bonchev–Trinajstić information content (AvgIpc) is 2.66. The molecule has 0 aromatic heterocycles. The molecular weight excluding hydrogens is 198 g/mol. The van der Waals surface area contributed by atoms with Crippen LogP contribution in [0.25, 0.3) is 0 Å². The van der Waals surface area contributed by atoms with Gasteiger partial charge in [0, 0.05) is 18.5 Å². The maximum atomic E-state index is 11.4. The van der Waals surface area contributed by atoms with Crippen molar-refractivity contribution in [3.05, 3.63) is 0 Å². The second kappa shape index (κ2) is 5.81. The molecule has 1 heterocycles. The normalized spacial score (nSPS) is 29.2. The first-order valence-corrected chi connectivity index (χ1v) is 7.02. The lowest BCUT2D eigenvalue weighted by molar-refractivity contribution is -0.118. The summed E-state index contributed by atoms with van der Waals surface area (Å²) in [4.78, 5) is 14.0. The Labute approximate surface area is 99.4 Å². The number of ketones is 1. The number of rotatable bonds is 3. The van der Waals surface area contributed by atoms with Crippen LogP contribution in [0.2, 0.25) is 0 Å². The Balaban J connectivity index is 1.99. The first-order valence-electron chi connectivity index (χ1n) is 7.02. The fourth-order valence-electron chi connectivity index (χ4n) is 3.47. The van der Waals surface area contributed by atoms with E-state index in [9.17, 15) is 4.79 Å². The van der Waals surface area contributed by atoms with Gasteiger partial charge in [-0.25, -0.2) is 0 Å². The van der Waals surface area contributed by atoms with Gasteiger partial charge in [0.2, 0.25) is 0 Å². The number of carbonyl (C=O) groups excluding carboxylic acids is 1. The minimum absolute atomic E-state index is 0.370. The molecule has 0 aromatic carbocycles. The van der Waals surface area contributed by atoms with Gasteiger partial charge in [-0.2, -0.15) is 0 Å². The van der Waals surface area contributed by atoms with E-state index in [1.54, 1.807) is 6.92 Å². The molecule has 0 aromatic rings. The maximum absolute atomic E-state index is 11.4. The predicted octanol–water partition coefficient (Wildman–Crippen LogP) is 3.15. The Morgan fingerprint density at radius 3 is 2.44 bits per heavy atom. The minimum atomic E-state index is 0.370. The molecule has 16 heavy (non-hydrogen) atoms. The van der Waals surface area contributed by atoms with Crippen LogP contribution in [-0.4, -0.2) is 29.3 Å². The third-order valence-electron chi connectivity index (χ3n) is 4.24. The number of hydrogen-bond donors (Lipinski definition) is 0. The first-order chi connectivity index (χ1) is 7.77. The fraction of sp³-hybridized carbons (Fsp3) is 0.929. The van der Waals surface area contributed by atoms with Gasteiger partial charge in [-0.3, -0.25) is 9.69 Å². The lowest BCUT2D eigenvalue weighted by atomic mass is 10.0. The molecule has 0 spiro atoms. The van der Waals surface area contributed by atoms with Gasteiger partial charge in [0.15, 0.2) is 0 Å². The Morgan fingerprint density at radius 2 is 1.75 bits per heavy atom. The number of carbonyl (C=O) groups is 1. The van der Waals surface area contributed by atoms with Crippen LogP contribution in [0.4, 0.5) is 0 Å². The van der Waals surface area contributed by atoms with Crippen molar-refractivity contribution in [3.63, 3.8) is 0 Å². The summed E-state index contributed by atoms with van der Waals surface area (Å²) < 4.78 is 0. The van der Waals surface area contributed by atoms with E-state index in [-0.39, 0.29) is 0 Å². The predicted molar refractivity (Wildman–Crippen MR) is 66.5 cm³/mol. The summed E-state index contributed by atoms with van der Waals surface area (Å²) in [5.41, 5.74) is 0. The van der Waals surface area contributed by atoms with Crippen LogP contribution in [-0.2, 0) is 4.79 Å². The van der Waals surface area contributed by atoms with E-state index in [4.69, 9.17) is 0 Å². The molecule has 2 rings (SSSR count). The Morgan fingerprint density at radius 1 is 1.06 bits per heavy atom. The van der Waals surface area contributed by atoms with Gasteiger partial charge >= 0.3 is 0 Å². The number of hydrogen-bond acceptors (Lipinski definition) is 2. The van der Waals surface area contributed by atoms with Crippen LogP contribution >= 0.6 is 0 Å². The van der Waals surface area contributed by atoms with E-state index in [2.05, 4.69) is 4.90 Å².